The Morgan fingerprint density at radius 1 is 1.60 bits per heavy atom. The van der Waals surface area contributed by atoms with Crippen LogP contribution in [0.5, 0.6) is 11.5 Å². The zero-order valence-electron chi connectivity index (χ0n) is 8.50. The van der Waals surface area contributed by atoms with Crippen LogP contribution in [0.3, 0.4) is 0 Å². The largest absolute Gasteiger partial charge is 0.507 e. The van der Waals surface area contributed by atoms with Crippen LogP contribution in [0.4, 0.5) is 4.39 Å². The van der Waals surface area contributed by atoms with Gasteiger partial charge in [-0.25, -0.2) is 4.39 Å². The maximum Gasteiger partial charge on any atom is 0.183 e. The van der Waals surface area contributed by atoms with Gasteiger partial charge in [-0.3, -0.25) is 4.79 Å². The number of aromatic hydroxyl groups is 1. The van der Waals surface area contributed by atoms with Crippen LogP contribution in [0.15, 0.2) is 12.1 Å². The molecular weight excluding hydrogens is 201 g/mol. The van der Waals surface area contributed by atoms with Gasteiger partial charge in [0, 0.05) is 0 Å². The highest BCUT2D eigenvalue weighted by Gasteiger charge is 2.19. The van der Waals surface area contributed by atoms with Crippen molar-refractivity contribution in [1.82, 2.24) is 5.32 Å². The Morgan fingerprint density at radius 2 is 2.27 bits per heavy atom. The van der Waals surface area contributed by atoms with Gasteiger partial charge < -0.3 is 15.2 Å². The van der Waals surface area contributed by atoms with Gasteiger partial charge in [-0.2, -0.15) is 0 Å². The van der Waals surface area contributed by atoms with E-state index in [1.54, 1.807) is 7.05 Å². The summed E-state index contributed by atoms with van der Waals surface area (Å²) in [5, 5.41) is 12.0. The number of benzene rings is 1. The number of Topliss-reactive ketones (excluding diaryl/α,β-unsaturated/α-hetero) is 1. The number of ether oxygens (including phenoxy) is 1. The predicted molar refractivity (Wildman–Crippen MR) is 52.9 cm³/mol. The molecule has 0 unspecified atom stereocenters. The molecular formula is C10H12FNO3. The van der Waals surface area contributed by atoms with Gasteiger partial charge in [0.15, 0.2) is 17.3 Å². The summed E-state index contributed by atoms with van der Waals surface area (Å²) in [6.07, 6.45) is 0. The molecule has 1 aromatic carbocycles. The van der Waals surface area contributed by atoms with Gasteiger partial charge in [0.05, 0.1) is 13.7 Å². The van der Waals surface area contributed by atoms with Crippen LogP contribution >= 0.6 is 0 Å². The number of phenolic OH excluding ortho intramolecular Hbond substituents is 1. The summed E-state index contributed by atoms with van der Waals surface area (Å²) in [5.74, 6) is -1.80. The molecule has 4 nitrogen and oxygen atoms in total. The van der Waals surface area contributed by atoms with Gasteiger partial charge >= 0.3 is 0 Å². The van der Waals surface area contributed by atoms with Crippen molar-refractivity contribution >= 4 is 5.78 Å². The van der Waals surface area contributed by atoms with Gasteiger partial charge in [0.1, 0.15) is 11.3 Å². The zero-order chi connectivity index (χ0) is 11.4. The molecule has 0 spiro atoms. The minimum Gasteiger partial charge on any atom is -0.507 e. The standard InChI is InChI=1S/C10H12FNO3/c1-12-5-7(14)9-6(13)3-4-8(15-2)10(9)11/h3-4,12-13H,5H2,1-2H3. The second-order valence-electron chi connectivity index (χ2n) is 2.93. The molecule has 0 atom stereocenters. The molecule has 0 saturated heterocycles. The first-order valence-corrected chi connectivity index (χ1v) is 4.35. The lowest BCUT2D eigenvalue weighted by molar-refractivity contribution is 0.0986. The van der Waals surface area contributed by atoms with Crippen LogP contribution in [0.1, 0.15) is 10.4 Å². The average Bonchev–Trinajstić information content (AvgIpc) is 2.18. The third-order valence-electron chi connectivity index (χ3n) is 1.92. The molecule has 2 N–H and O–H groups in total. The van der Waals surface area contributed by atoms with Crippen molar-refractivity contribution in [1.29, 1.82) is 0 Å². The third kappa shape index (κ3) is 2.24. The first-order valence-electron chi connectivity index (χ1n) is 4.35. The minimum atomic E-state index is -0.835. The third-order valence-corrected chi connectivity index (χ3v) is 1.92. The summed E-state index contributed by atoms with van der Waals surface area (Å²) >= 11 is 0. The van der Waals surface area contributed by atoms with E-state index >= 15 is 0 Å². The molecule has 0 heterocycles. The second kappa shape index (κ2) is 4.75. The smallest absolute Gasteiger partial charge is 0.183 e. The molecule has 82 valence electrons. The van der Waals surface area contributed by atoms with Crippen molar-refractivity contribution in [2.75, 3.05) is 20.7 Å². The van der Waals surface area contributed by atoms with Crippen molar-refractivity contribution in [2.45, 2.75) is 0 Å². The highest BCUT2D eigenvalue weighted by atomic mass is 19.1. The summed E-state index contributed by atoms with van der Waals surface area (Å²) in [5.41, 5.74) is -0.344. The monoisotopic (exact) mass is 213 g/mol. The van der Waals surface area contributed by atoms with Crippen molar-refractivity contribution in [3.05, 3.63) is 23.5 Å². The van der Waals surface area contributed by atoms with E-state index in [1.807, 2.05) is 0 Å². The molecule has 0 bridgehead atoms. The van der Waals surface area contributed by atoms with E-state index in [0.29, 0.717) is 0 Å². The van der Waals surface area contributed by atoms with E-state index in [9.17, 15) is 14.3 Å². The molecule has 5 heteroatoms. The SMILES string of the molecule is CNCC(=O)c1c(O)ccc(OC)c1F. The number of carbonyl (C=O) groups is 1. The number of hydrogen-bond donors (Lipinski definition) is 2. The number of nitrogens with one attached hydrogen (secondary N) is 1. The molecule has 0 amide bonds. The Morgan fingerprint density at radius 3 is 2.80 bits per heavy atom. The van der Waals surface area contributed by atoms with E-state index in [2.05, 4.69) is 5.32 Å². The van der Waals surface area contributed by atoms with E-state index in [1.165, 1.54) is 19.2 Å². The Balaban J connectivity index is 3.20. The van der Waals surface area contributed by atoms with Crippen LogP contribution in [-0.4, -0.2) is 31.6 Å². The van der Waals surface area contributed by atoms with E-state index in [-0.39, 0.29) is 23.6 Å². The van der Waals surface area contributed by atoms with Gasteiger partial charge in [-0.05, 0) is 19.2 Å². The molecule has 1 aromatic rings. The fourth-order valence-electron chi connectivity index (χ4n) is 1.22. The summed E-state index contributed by atoms with van der Waals surface area (Å²) in [6.45, 7) is -0.0440. The van der Waals surface area contributed by atoms with E-state index in [0.717, 1.165) is 0 Å². The highest BCUT2D eigenvalue weighted by molar-refractivity contribution is 6.00. The molecule has 0 aliphatic rings. The zero-order valence-corrected chi connectivity index (χ0v) is 8.50. The van der Waals surface area contributed by atoms with Crippen molar-refractivity contribution in [3.63, 3.8) is 0 Å². The van der Waals surface area contributed by atoms with E-state index in [4.69, 9.17) is 4.74 Å². The molecule has 0 fully saturated rings. The minimum absolute atomic E-state index is 0.0440. The fourth-order valence-corrected chi connectivity index (χ4v) is 1.22. The lowest BCUT2D eigenvalue weighted by Crippen LogP contribution is -2.20. The average molecular weight is 213 g/mol. The molecule has 0 aliphatic heterocycles. The van der Waals surface area contributed by atoms with Crippen LogP contribution in [0, 0.1) is 5.82 Å². The fraction of sp³-hybridized carbons (Fsp3) is 0.300. The predicted octanol–water partition coefficient (Wildman–Crippen LogP) is 0.942. The molecule has 15 heavy (non-hydrogen) atoms. The van der Waals surface area contributed by atoms with Gasteiger partial charge in [0.25, 0.3) is 0 Å². The molecule has 1 rings (SSSR count). The first kappa shape index (κ1) is 11.5. The number of carbonyl (C=O) groups excluding carboxylic acids is 1. The summed E-state index contributed by atoms with van der Waals surface area (Å²) in [4.78, 5) is 11.4. The van der Waals surface area contributed by atoms with Crippen LogP contribution in [0.2, 0.25) is 0 Å². The lowest BCUT2D eigenvalue weighted by atomic mass is 10.1. The van der Waals surface area contributed by atoms with Crippen molar-refractivity contribution < 1.29 is 19.0 Å². The second-order valence-corrected chi connectivity index (χ2v) is 2.93. The number of ketones is 1. The van der Waals surface area contributed by atoms with Crippen LogP contribution in [-0.2, 0) is 0 Å². The van der Waals surface area contributed by atoms with Gasteiger partial charge in [-0.1, -0.05) is 0 Å². The summed E-state index contributed by atoms with van der Waals surface area (Å²) in [7, 11) is 2.86. The Kier molecular flexibility index (Phi) is 3.62. The highest BCUT2D eigenvalue weighted by Crippen LogP contribution is 2.28. The molecule has 0 saturated carbocycles. The Labute approximate surface area is 86.7 Å². The van der Waals surface area contributed by atoms with Gasteiger partial charge in [0.2, 0.25) is 0 Å². The summed E-state index contributed by atoms with van der Waals surface area (Å²) < 4.78 is 18.3. The first-order chi connectivity index (χ1) is 7.11. The topological polar surface area (TPSA) is 58.6 Å². The number of hydrogen-bond acceptors (Lipinski definition) is 4. The van der Waals surface area contributed by atoms with Crippen molar-refractivity contribution in [3.8, 4) is 11.5 Å². The molecule has 0 aromatic heterocycles. The quantitative estimate of drug-likeness (QED) is 0.731. The molecule has 0 radical (unpaired) electrons. The normalized spacial score (nSPS) is 10.1. The number of halogens is 1. The van der Waals surface area contributed by atoms with Crippen LogP contribution < -0.4 is 10.1 Å². The van der Waals surface area contributed by atoms with Crippen molar-refractivity contribution in [2.24, 2.45) is 0 Å². The number of likely N-dealkylation sites (N-methyl/N-ethyl adjacent to an activating group) is 1. The maximum atomic E-state index is 13.6. The number of rotatable bonds is 4. The lowest BCUT2D eigenvalue weighted by Gasteiger charge is -2.08. The maximum absolute atomic E-state index is 13.6. The van der Waals surface area contributed by atoms with Crippen LogP contribution in [0.25, 0.3) is 0 Å². The van der Waals surface area contributed by atoms with E-state index < -0.39 is 11.6 Å². The number of phenols is 1. The van der Waals surface area contributed by atoms with Gasteiger partial charge in [-0.15, -0.1) is 0 Å². The summed E-state index contributed by atoms with van der Waals surface area (Å²) in [6, 6.07) is 2.49. The Hall–Kier alpha value is -1.62. The number of methoxy groups -OCH3 is 1. The Bertz CT molecular complexity index is 379. The molecule has 0 aliphatic carbocycles.